The number of hydrogen-bond acceptors (Lipinski definition) is 5. The van der Waals surface area contributed by atoms with Crippen LogP contribution in [0.25, 0.3) is 0 Å². The summed E-state index contributed by atoms with van der Waals surface area (Å²) < 4.78 is 4.75. The highest BCUT2D eigenvalue weighted by Crippen LogP contribution is 2.08. The molecule has 0 aliphatic heterocycles. The molecule has 0 aromatic carbocycles. The van der Waals surface area contributed by atoms with Crippen LogP contribution in [-0.2, 0) is 25.5 Å². The smallest absolute Gasteiger partial charge is 0.328 e. The number of aromatic nitrogens is 2. The van der Waals surface area contributed by atoms with Crippen LogP contribution in [-0.4, -0.2) is 46.9 Å². The lowest BCUT2D eigenvalue weighted by molar-refractivity contribution is -0.145. The Morgan fingerprint density at radius 3 is 2.39 bits per heavy atom. The van der Waals surface area contributed by atoms with Gasteiger partial charge < -0.3 is 20.4 Å². The molecule has 1 aromatic heterocycles. The first-order valence-electron chi connectivity index (χ1n) is 10.1. The van der Waals surface area contributed by atoms with E-state index in [1.54, 1.807) is 13.1 Å². The number of H-pyrrole nitrogens is 1. The number of ether oxygens (including phenoxy) is 1. The first-order chi connectivity index (χ1) is 13.5. The lowest BCUT2D eigenvalue weighted by Gasteiger charge is -2.19. The van der Waals surface area contributed by atoms with E-state index in [0.717, 1.165) is 19.3 Å². The van der Waals surface area contributed by atoms with Gasteiger partial charge in [-0.25, -0.2) is 9.78 Å². The number of aromatic amines is 1. The molecule has 8 nitrogen and oxygen atoms in total. The highest BCUT2D eigenvalue weighted by molar-refractivity contribution is 5.90. The summed E-state index contributed by atoms with van der Waals surface area (Å²) in [6, 6.07) is -1.58. The molecule has 8 heteroatoms. The second-order valence-corrected chi connectivity index (χ2v) is 7.03. The van der Waals surface area contributed by atoms with Crippen molar-refractivity contribution in [2.75, 3.05) is 7.11 Å². The van der Waals surface area contributed by atoms with Gasteiger partial charge in [-0.15, -0.1) is 0 Å². The van der Waals surface area contributed by atoms with Gasteiger partial charge in [0.2, 0.25) is 11.8 Å². The van der Waals surface area contributed by atoms with Crippen LogP contribution in [0.2, 0.25) is 0 Å². The molecule has 2 atom stereocenters. The zero-order chi connectivity index (χ0) is 20.8. The number of hydrogen-bond donors (Lipinski definition) is 3. The minimum Gasteiger partial charge on any atom is -0.467 e. The number of nitrogens with one attached hydrogen (secondary N) is 3. The Kier molecular flexibility index (Phi) is 11.6. The molecule has 0 radical (unpaired) electrons. The summed E-state index contributed by atoms with van der Waals surface area (Å²) in [4.78, 5) is 43.1. The van der Waals surface area contributed by atoms with Crippen LogP contribution in [0.5, 0.6) is 0 Å². The number of imidazole rings is 1. The van der Waals surface area contributed by atoms with Gasteiger partial charge in [-0.1, -0.05) is 45.4 Å². The van der Waals surface area contributed by atoms with Gasteiger partial charge in [0, 0.05) is 24.7 Å². The van der Waals surface area contributed by atoms with E-state index in [9.17, 15) is 14.4 Å². The number of unbranched alkanes of at least 4 members (excludes halogenated alkanes) is 6. The number of carbonyl (C=O) groups excluding carboxylic acids is 3. The van der Waals surface area contributed by atoms with Crippen molar-refractivity contribution in [3.8, 4) is 0 Å². The van der Waals surface area contributed by atoms with Crippen molar-refractivity contribution in [2.45, 2.75) is 83.7 Å². The third-order valence-corrected chi connectivity index (χ3v) is 4.56. The molecule has 0 saturated carbocycles. The fourth-order valence-corrected chi connectivity index (χ4v) is 2.87. The maximum absolute atomic E-state index is 12.4. The van der Waals surface area contributed by atoms with E-state index < -0.39 is 24.0 Å². The third-order valence-electron chi connectivity index (χ3n) is 4.56. The predicted octanol–water partition coefficient (Wildman–Crippen LogP) is 2.26. The van der Waals surface area contributed by atoms with Gasteiger partial charge >= 0.3 is 5.97 Å². The second kappa shape index (κ2) is 13.7. The quantitative estimate of drug-likeness (QED) is 0.331. The number of methoxy groups -OCH3 is 1. The fourth-order valence-electron chi connectivity index (χ4n) is 2.87. The summed E-state index contributed by atoms with van der Waals surface area (Å²) in [5, 5.41) is 5.32. The van der Waals surface area contributed by atoms with E-state index in [0.29, 0.717) is 12.1 Å². The van der Waals surface area contributed by atoms with Crippen LogP contribution in [0.3, 0.4) is 0 Å². The van der Waals surface area contributed by atoms with Crippen molar-refractivity contribution in [2.24, 2.45) is 0 Å². The molecule has 0 fully saturated rings. The lowest BCUT2D eigenvalue weighted by Crippen LogP contribution is -2.51. The summed E-state index contributed by atoms with van der Waals surface area (Å²) >= 11 is 0. The number of rotatable bonds is 14. The van der Waals surface area contributed by atoms with Crippen molar-refractivity contribution >= 4 is 17.8 Å². The van der Waals surface area contributed by atoms with Crippen LogP contribution in [0, 0.1) is 0 Å². The molecule has 158 valence electrons. The normalized spacial score (nSPS) is 12.8. The van der Waals surface area contributed by atoms with E-state index in [2.05, 4.69) is 27.5 Å². The summed E-state index contributed by atoms with van der Waals surface area (Å²) in [6.07, 6.45) is 11.6. The average molecular weight is 395 g/mol. The van der Waals surface area contributed by atoms with E-state index >= 15 is 0 Å². The number of esters is 1. The standard InChI is InChI=1S/C20H34N4O4/c1-4-5-6-7-8-9-10-11-18(25)23-15(2)19(26)24-17(20(27)28-3)12-16-13-21-14-22-16/h13-15,17H,4-12H2,1-3H3,(H,21,22)(H,23,25)(H,24,26). The molecule has 1 rings (SSSR count). The molecule has 0 spiro atoms. The molecular weight excluding hydrogens is 360 g/mol. The van der Waals surface area contributed by atoms with Gasteiger partial charge in [0.15, 0.2) is 0 Å². The van der Waals surface area contributed by atoms with Gasteiger partial charge in [0.1, 0.15) is 12.1 Å². The first-order valence-corrected chi connectivity index (χ1v) is 10.1. The number of nitrogens with zero attached hydrogens (tertiary/aromatic N) is 1. The monoisotopic (exact) mass is 394 g/mol. The van der Waals surface area contributed by atoms with E-state index in [4.69, 9.17) is 4.74 Å². The van der Waals surface area contributed by atoms with Crippen LogP contribution < -0.4 is 10.6 Å². The number of carbonyl (C=O) groups is 3. The van der Waals surface area contributed by atoms with Crippen molar-refractivity contribution in [3.05, 3.63) is 18.2 Å². The number of amides is 2. The minimum atomic E-state index is -0.847. The molecule has 0 aliphatic carbocycles. The molecular formula is C20H34N4O4. The topological polar surface area (TPSA) is 113 Å². The van der Waals surface area contributed by atoms with Crippen molar-refractivity contribution < 1.29 is 19.1 Å². The SMILES string of the molecule is CCCCCCCCCC(=O)NC(C)C(=O)NC(Cc1cnc[nH]1)C(=O)OC. The van der Waals surface area contributed by atoms with E-state index in [1.807, 2.05) is 0 Å². The highest BCUT2D eigenvalue weighted by Gasteiger charge is 2.25. The minimum absolute atomic E-state index is 0.153. The third kappa shape index (κ3) is 9.53. The van der Waals surface area contributed by atoms with Gasteiger partial charge in [0.05, 0.1) is 13.4 Å². The summed E-state index contributed by atoms with van der Waals surface area (Å²) in [5.41, 5.74) is 0.700. The Morgan fingerprint density at radius 2 is 1.79 bits per heavy atom. The van der Waals surface area contributed by atoms with Gasteiger partial charge in [-0.2, -0.15) is 0 Å². The molecule has 0 aliphatic rings. The Morgan fingerprint density at radius 1 is 1.11 bits per heavy atom. The largest absolute Gasteiger partial charge is 0.467 e. The highest BCUT2D eigenvalue weighted by atomic mass is 16.5. The molecule has 1 heterocycles. The summed E-state index contributed by atoms with van der Waals surface area (Å²) in [7, 11) is 1.27. The second-order valence-electron chi connectivity index (χ2n) is 7.03. The van der Waals surface area contributed by atoms with Gasteiger partial charge in [-0.3, -0.25) is 9.59 Å². The average Bonchev–Trinajstić information content (AvgIpc) is 3.19. The van der Waals surface area contributed by atoms with Crippen molar-refractivity contribution in [1.29, 1.82) is 0 Å². The summed E-state index contributed by atoms with van der Waals surface area (Å²) in [5.74, 6) is -1.13. The Balaban J connectivity index is 2.34. The molecule has 0 saturated heterocycles. The van der Waals surface area contributed by atoms with Crippen LogP contribution >= 0.6 is 0 Å². The molecule has 2 amide bonds. The lowest BCUT2D eigenvalue weighted by atomic mass is 10.1. The molecule has 2 unspecified atom stereocenters. The van der Waals surface area contributed by atoms with Crippen molar-refractivity contribution in [1.82, 2.24) is 20.6 Å². The van der Waals surface area contributed by atoms with E-state index in [1.165, 1.54) is 39.1 Å². The zero-order valence-corrected chi connectivity index (χ0v) is 17.3. The molecule has 3 N–H and O–H groups in total. The van der Waals surface area contributed by atoms with Crippen molar-refractivity contribution in [3.63, 3.8) is 0 Å². The Labute approximate surface area is 167 Å². The maximum atomic E-state index is 12.4. The zero-order valence-electron chi connectivity index (χ0n) is 17.3. The summed E-state index contributed by atoms with van der Waals surface area (Å²) in [6.45, 7) is 3.79. The molecule has 1 aromatic rings. The predicted molar refractivity (Wildman–Crippen MR) is 106 cm³/mol. The Hall–Kier alpha value is -2.38. The molecule has 0 bridgehead atoms. The van der Waals surface area contributed by atoms with Gasteiger partial charge in [-0.05, 0) is 13.3 Å². The van der Waals surface area contributed by atoms with E-state index in [-0.39, 0.29) is 12.3 Å². The van der Waals surface area contributed by atoms with Crippen LogP contribution in [0.15, 0.2) is 12.5 Å². The Bertz CT molecular complexity index is 589. The maximum Gasteiger partial charge on any atom is 0.328 e. The van der Waals surface area contributed by atoms with Crippen LogP contribution in [0.4, 0.5) is 0 Å². The van der Waals surface area contributed by atoms with Crippen LogP contribution in [0.1, 0.15) is 70.9 Å². The fraction of sp³-hybridized carbons (Fsp3) is 0.700. The molecule has 28 heavy (non-hydrogen) atoms. The first kappa shape index (κ1) is 23.7. The van der Waals surface area contributed by atoms with Gasteiger partial charge in [0.25, 0.3) is 0 Å².